The van der Waals surface area contributed by atoms with E-state index in [4.69, 9.17) is 4.74 Å². The molecule has 1 heterocycles. The summed E-state index contributed by atoms with van der Waals surface area (Å²) in [6.45, 7) is 10.5. The van der Waals surface area contributed by atoms with E-state index in [-0.39, 0.29) is 29.2 Å². The van der Waals surface area contributed by atoms with Crippen LogP contribution in [0.5, 0.6) is 0 Å². The lowest BCUT2D eigenvalue weighted by Gasteiger charge is -2.40. The van der Waals surface area contributed by atoms with Gasteiger partial charge >= 0.3 is 5.97 Å². The van der Waals surface area contributed by atoms with Gasteiger partial charge in [-0.05, 0) is 50.4 Å². The van der Waals surface area contributed by atoms with E-state index in [1.54, 1.807) is 0 Å². The molecular formula is C20H28O3. The van der Waals surface area contributed by atoms with Gasteiger partial charge in [0.2, 0.25) is 0 Å². The highest BCUT2D eigenvalue weighted by atomic mass is 16.5. The normalized spacial score (nSPS) is 38.9. The minimum atomic E-state index is -0.150. The van der Waals surface area contributed by atoms with Gasteiger partial charge in [0.25, 0.3) is 0 Å². The number of allylic oxidation sites excluding steroid dienone is 1. The monoisotopic (exact) mass is 316 g/mol. The van der Waals surface area contributed by atoms with Crippen LogP contribution in [-0.4, -0.2) is 17.9 Å². The Labute approximate surface area is 139 Å². The molecule has 0 radical (unpaired) electrons. The first kappa shape index (κ1) is 16.5. The van der Waals surface area contributed by atoms with Crippen LogP contribution in [0.1, 0.15) is 65.7 Å². The summed E-state index contributed by atoms with van der Waals surface area (Å²) in [5.74, 6) is 0.691. The number of hydrogen-bond donors (Lipinski definition) is 0. The van der Waals surface area contributed by atoms with Crippen LogP contribution in [0.2, 0.25) is 0 Å². The highest BCUT2D eigenvalue weighted by Crippen LogP contribution is 2.55. The van der Waals surface area contributed by atoms with Crippen molar-refractivity contribution in [2.45, 2.75) is 71.8 Å². The number of ketones is 1. The number of ether oxygens (including phenoxy) is 1. The molecule has 4 unspecified atom stereocenters. The Hall–Kier alpha value is -1.38. The molecule has 4 atom stereocenters. The average molecular weight is 316 g/mol. The zero-order valence-corrected chi connectivity index (χ0v) is 14.6. The molecule has 23 heavy (non-hydrogen) atoms. The number of esters is 1. The van der Waals surface area contributed by atoms with Crippen molar-refractivity contribution in [1.82, 2.24) is 0 Å². The van der Waals surface area contributed by atoms with Crippen LogP contribution in [0.15, 0.2) is 23.3 Å². The van der Waals surface area contributed by atoms with Crippen molar-refractivity contribution in [1.29, 1.82) is 0 Å². The molecule has 0 aromatic carbocycles. The van der Waals surface area contributed by atoms with Crippen LogP contribution >= 0.6 is 0 Å². The van der Waals surface area contributed by atoms with Crippen LogP contribution in [0.4, 0.5) is 0 Å². The van der Waals surface area contributed by atoms with Crippen molar-refractivity contribution >= 4 is 11.8 Å². The predicted octanol–water partition coefficient (Wildman–Crippen LogP) is 4.37. The second-order valence-corrected chi connectivity index (χ2v) is 8.24. The molecule has 2 fully saturated rings. The van der Waals surface area contributed by atoms with Gasteiger partial charge in [0, 0.05) is 24.3 Å². The summed E-state index contributed by atoms with van der Waals surface area (Å²) < 4.78 is 5.82. The lowest BCUT2D eigenvalue weighted by atomic mass is 9.69. The lowest BCUT2D eigenvalue weighted by molar-refractivity contribution is -0.152. The topological polar surface area (TPSA) is 43.4 Å². The molecule has 0 amide bonds. The van der Waals surface area contributed by atoms with Gasteiger partial charge < -0.3 is 4.74 Å². The summed E-state index contributed by atoms with van der Waals surface area (Å²) >= 11 is 0. The van der Waals surface area contributed by atoms with Crippen molar-refractivity contribution < 1.29 is 14.3 Å². The predicted molar refractivity (Wildman–Crippen MR) is 89.8 cm³/mol. The van der Waals surface area contributed by atoms with Crippen molar-refractivity contribution in [3.05, 3.63) is 23.3 Å². The first-order valence-corrected chi connectivity index (χ1v) is 8.89. The van der Waals surface area contributed by atoms with Gasteiger partial charge in [-0.15, -0.1) is 0 Å². The van der Waals surface area contributed by atoms with Gasteiger partial charge in [0.05, 0.1) is 0 Å². The Kier molecular flexibility index (Phi) is 4.24. The molecule has 1 aliphatic heterocycles. The molecular weight excluding hydrogens is 288 g/mol. The first-order chi connectivity index (χ1) is 10.8. The summed E-state index contributed by atoms with van der Waals surface area (Å²) in [6, 6.07) is 0. The third kappa shape index (κ3) is 3.02. The number of Topliss-reactive ketones (excluding diaryl/α,β-unsaturated/α-hetero) is 1. The Bertz CT molecular complexity index is 586. The van der Waals surface area contributed by atoms with Gasteiger partial charge in [-0.3, -0.25) is 4.79 Å². The molecule has 3 rings (SSSR count). The second-order valence-electron chi connectivity index (χ2n) is 8.24. The van der Waals surface area contributed by atoms with Gasteiger partial charge in [-0.1, -0.05) is 31.6 Å². The molecule has 0 bridgehead atoms. The first-order valence-electron chi connectivity index (χ1n) is 8.89. The molecule has 3 aliphatic rings. The third-order valence-corrected chi connectivity index (χ3v) is 6.22. The molecule has 2 aliphatic carbocycles. The standard InChI is InChI=1S/C20H28O3/c1-12-5-7-20(4)8-6-16-14(3)19(22)23-17(18(16)20)11-13(2)10-15(21)9-12/h13,17-18H,1,5-11H2,2-4H3. The van der Waals surface area contributed by atoms with E-state index in [2.05, 4.69) is 20.4 Å². The lowest BCUT2D eigenvalue weighted by Crippen LogP contribution is -2.41. The molecule has 0 aromatic heterocycles. The summed E-state index contributed by atoms with van der Waals surface area (Å²) in [5, 5.41) is 0. The number of carbonyl (C=O) groups is 2. The fourth-order valence-electron chi connectivity index (χ4n) is 4.91. The van der Waals surface area contributed by atoms with E-state index < -0.39 is 0 Å². The van der Waals surface area contributed by atoms with Crippen LogP contribution in [0.25, 0.3) is 0 Å². The van der Waals surface area contributed by atoms with Gasteiger partial charge in [-0.2, -0.15) is 0 Å². The summed E-state index contributed by atoms with van der Waals surface area (Å²) in [5.41, 5.74) is 3.35. The maximum Gasteiger partial charge on any atom is 0.333 e. The van der Waals surface area contributed by atoms with Gasteiger partial charge in [0.1, 0.15) is 11.9 Å². The quantitative estimate of drug-likeness (QED) is 0.492. The van der Waals surface area contributed by atoms with E-state index in [9.17, 15) is 9.59 Å². The van der Waals surface area contributed by atoms with Gasteiger partial charge in [0.15, 0.2) is 0 Å². The molecule has 2 saturated carbocycles. The van der Waals surface area contributed by atoms with Crippen molar-refractivity contribution in [3.63, 3.8) is 0 Å². The van der Waals surface area contributed by atoms with Gasteiger partial charge in [-0.25, -0.2) is 4.79 Å². The Balaban J connectivity index is 1.98. The smallest absolute Gasteiger partial charge is 0.333 e. The Morgan fingerprint density at radius 1 is 1.22 bits per heavy atom. The molecule has 0 spiro atoms. The molecule has 3 nitrogen and oxygen atoms in total. The number of hydrogen-bond acceptors (Lipinski definition) is 3. The Morgan fingerprint density at radius 2 is 1.91 bits per heavy atom. The minimum Gasteiger partial charge on any atom is -0.458 e. The van der Waals surface area contributed by atoms with E-state index in [0.717, 1.165) is 43.3 Å². The van der Waals surface area contributed by atoms with E-state index in [1.165, 1.54) is 5.57 Å². The fraction of sp³-hybridized carbons (Fsp3) is 0.700. The average Bonchev–Trinajstić information content (AvgIpc) is 2.80. The van der Waals surface area contributed by atoms with Crippen molar-refractivity contribution in [2.24, 2.45) is 17.3 Å². The zero-order valence-electron chi connectivity index (χ0n) is 14.6. The van der Waals surface area contributed by atoms with Crippen molar-refractivity contribution in [2.75, 3.05) is 0 Å². The fourth-order valence-corrected chi connectivity index (χ4v) is 4.91. The summed E-state index contributed by atoms with van der Waals surface area (Å²) in [7, 11) is 0. The summed E-state index contributed by atoms with van der Waals surface area (Å²) in [6.07, 6.45) is 5.85. The van der Waals surface area contributed by atoms with Crippen LogP contribution in [0.3, 0.4) is 0 Å². The largest absolute Gasteiger partial charge is 0.458 e. The molecule has 0 aromatic rings. The van der Waals surface area contributed by atoms with E-state index in [0.29, 0.717) is 18.8 Å². The maximum atomic E-state index is 12.2. The second kappa shape index (κ2) is 5.92. The van der Waals surface area contributed by atoms with E-state index in [1.807, 2.05) is 6.92 Å². The van der Waals surface area contributed by atoms with Crippen LogP contribution < -0.4 is 0 Å². The number of carbonyl (C=O) groups excluding carboxylic acids is 2. The molecule has 126 valence electrons. The SMILES string of the molecule is C=C1CCC2(C)CCC3=C(C)C(=O)OC(CC(C)CC(=O)C1)C32. The number of rotatable bonds is 0. The molecule has 3 heteroatoms. The van der Waals surface area contributed by atoms with E-state index >= 15 is 0 Å². The molecule has 0 saturated heterocycles. The summed E-state index contributed by atoms with van der Waals surface area (Å²) in [4.78, 5) is 24.4. The van der Waals surface area contributed by atoms with Crippen molar-refractivity contribution in [3.8, 4) is 0 Å². The zero-order chi connectivity index (χ0) is 16.8. The molecule has 0 N–H and O–H groups in total. The van der Waals surface area contributed by atoms with Crippen LogP contribution in [0, 0.1) is 17.3 Å². The third-order valence-electron chi connectivity index (χ3n) is 6.22. The Morgan fingerprint density at radius 3 is 2.65 bits per heavy atom. The highest BCUT2D eigenvalue weighted by molar-refractivity contribution is 5.90. The minimum absolute atomic E-state index is 0.0668. The highest BCUT2D eigenvalue weighted by Gasteiger charge is 2.50. The van der Waals surface area contributed by atoms with Crippen LogP contribution in [-0.2, 0) is 14.3 Å². The maximum absolute atomic E-state index is 12.2.